The van der Waals surface area contributed by atoms with Gasteiger partial charge in [-0.05, 0) is 12.5 Å². The molecule has 0 fully saturated rings. The van der Waals surface area contributed by atoms with E-state index in [9.17, 15) is 31.9 Å². The van der Waals surface area contributed by atoms with Crippen molar-refractivity contribution in [3.05, 3.63) is 35.9 Å². The summed E-state index contributed by atoms with van der Waals surface area (Å²) in [6, 6.07) is 7.37. The Labute approximate surface area is 111 Å². The Hall–Kier alpha value is -1.70. The van der Waals surface area contributed by atoms with Gasteiger partial charge in [0.2, 0.25) is 0 Å². The number of alkyl halides is 5. The summed E-state index contributed by atoms with van der Waals surface area (Å²) in [6.45, 7) is 0.309. The Morgan fingerprint density at radius 3 is 2.05 bits per heavy atom. The first kappa shape index (κ1) is 16.4. The summed E-state index contributed by atoms with van der Waals surface area (Å²) in [6.07, 6.45) is -6.00. The fourth-order valence-electron chi connectivity index (χ4n) is 1.47. The quantitative estimate of drug-likeness (QED) is 0.837. The van der Waals surface area contributed by atoms with Crippen LogP contribution in [0, 0.1) is 0 Å². The molecule has 1 atom stereocenters. The van der Waals surface area contributed by atoms with E-state index < -0.39 is 30.2 Å². The number of carbonyl (C=O) groups is 1. The molecule has 0 aliphatic rings. The van der Waals surface area contributed by atoms with Crippen molar-refractivity contribution in [1.29, 1.82) is 0 Å². The number of hydrogen-bond donors (Lipinski definition) is 2. The smallest absolute Gasteiger partial charge is 0.394 e. The van der Waals surface area contributed by atoms with Crippen LogP contribution in [0.2, 0.25) is 0 Å². The van der Waals surface area contributed by atoms with E-state index in [1.54, 1.807) is 11.4 Å². The molecule has 1 aromatic rings. The van der Waals surface area contributed by atoms with Crippen LogP contribution in [0.25, 0.3) is 0 Å². The molecule has 0 radical (unpaired) electrons. The third-order valence-corrected chi connectivity index (χ3v) is 2.76. The first-order chi connectivity index (χ1) is 9.04. The van der Waals surface area contributed by atoms with Crippen molar-refractivity contribution in [3.8, 4) is 0 Å². The van der Waals surface area contributed by atoms with E-state index in [0.717, 1.165) is 6.92 Å². The third-order valence-electron chi connectivity index (χ3n) is 2.76. The summed E-state index contributed by atoms with van der Waals surface area (Å²) in [5, 5.41) is 10.8. The largest absolute Gasteiger partial charge is 0.463 e. The number of aliphatic hydroxyl groups excluding tert-OH is 1. The molecule has 3 nitrogen and oxygen atoms in total. The average Bonchev–Trinajstić information content (AvgIpc) is 2.38. The molecule has 0 heterocycles. The van der Waals surface area contributed by atoms with Crippen LogP contribution >= 0.6 is 0 Å². The van der Waals surface area contributed by atoms with E-state index in [2.05, 4.69) is 0 Å². The number of nitrogens with one attached hydrogen (secondary N) is 1. The highest BCUT2D eigenvalue weighted by Crippen LogP contribution is 2.36. The minimum atomic E-state index is -6.00. The Bertz CT molecular complexity index is 474. The summed E-state index contributed by atoms with van der Waals surface area (Å²) in [4.78, 5) is 11.2. The first-order valence-corrected chi connectivity index (χ1v) is 5.48. The van der Waals surface area contributed by atoms with Crippen LogP contribution in [-0.2, 0) is 10.3 Å². The predicted molar refractivity (Wildman–Crippen MR) is 60.0 cm³/mol. The summed E-state index contributed by atoms with van der Waals surface area (Å²) in [5.74, 6) is -8.04. The highest BCUT2D eigenvalue weighted by molar-refractivity contribution is 5.85. The van der Waals surface area contributed by atoms with Crippen LogP contribution in [-0.4, -0.2) is 29.7 Å². The fraction of sp³-hybridized carbons (Fsp3) is 0.417. The van der Waals surface area contributed by atoms with E-state index in [1.165, 1.54) is 24.3 Å². The summed E-state index contributed by atoms with van der Waals surface area (Å²) in [7, 11) is 0. The van der Waals surface area contributed by atoms with Gasteiger partial charge in [-0.3, -0.25) is 4.79 Å². The molecule has 0 aliphatic carbocycles. The molecule has 0 saturated carbocycles. The van der Waals surface area contributed by atoms with E-state index in [4.69, 9.17) is 0 Å². The van der Waals surface area contributed by atoms with Crippen molar-refractivity contribution in [2.24, 2.45) is 0 Å². The minimum Gasteiger partial charge on any atom is -0.394 e. The lowest BCUT2D eigenvalue weighted by molar-refractivity contribution is -0.270. The van der Waals surface area contributed by atoms with Gasteiger partial charge in [-0.2, -0.15) is 22.0 Å². The summed E-state index contributed by atoms with van der Waals surface area (Å²) < 4.78 is 62.1. The molecular formula is C12H12F5NO2. The van der Waals surface area contributed by atoms with Crippen molar-refractivity contribution in [3.63, 3.8) is 0 Å². The normalized spacial score (nSPS) is 15.6. The molecule has 1 amide bonds. The van der Waals surface area contributed by atoms with Crippen molar-refractivity contribution in [1.82, 2.24) is 5.32 Å². The minimum absolute atomic E-state index is 0.203. The van der Waals surface area contributed by atoms with E-state index >= 15 is 0 Å². The molecule has 1 unspecified atom stereocenters. The zero-order valence-electron chi connectivity index (χ0n) is 10.3. The Kier molecular flexibility index (Phi) is 4.38. The molecule has 1 aromatic carbocycles. The Morgan fingerprint density at radius 2 is 1.65 bits per heavy atom. The lowest BCUT2D eigenvalue weighted by atomic mass is 9.92. The van der Waals surface area contributed by atoms with Crippen LogP contribution in [0.3, 0.4) is 0 Å². The van der Waals surface area contributed by atoms with Crippen LogP contribution in [0.1, 0.15) is 12.5 Å². The molecule has 20 heavy (non-hydrogen) atoms. The van der Waals surface area contributed by atoms with Gasteiger partial charge in [-0.1, -0.05) is 30.3 Å². The van der Waals surface area contributed by atoms with E-state index in [0.29, 0.717) is 0 Å². The average molecular weight is 297 g/mol. The standard InChI is InChI=1S/C12H12F5NO2/c1-10(7-19,8-5-3-2-4-6-8)18-9(20)11(13,14)12(15,16)17/h2-6,19H,7H2,1H3,(H,18,20). The Morgan fingerprint density at radius 1 is 1.15 bits per heavy atom. The van der Waals surface area contributed by atoms with Gasteiger partial charge in [0.15, 0.2) is 0 Å². The molecule has 0 aliphatic heterocycles. The van der Waals surface area contributed by atoms with Gasteiger partial charge in [0.1, 0.15) is 0 Å². The van der Waals surface area contributed by atoms with E-state index in [1.807, 2.05) is 0 Å². The SMILES string of the molecule is CC(CO)(NC(=O)C(F)(F)C(F)(F)F)c1ccccc1. The molecular weight excluding hydrogens is 285 g/mol. The summed E-state index contributed by atoms with van der Waals surface area (Å²) in [5.41, 5.74) is -1.54. The third kappa shape index (κ3) is 3.06. The molecule has 2 N–H and O–H groups in total. The predicted octanol–water partition coefficient (Wildman–Crippen LogP) is 2.21. The number of hydrogen-bond acceptors (Lipinski definition) is 2. The fourth-order valence-corrected chi connectivity index (χ4v) is 1.47. The van der Waals surface area contributed by atoms with Gasteiger partial charge in [0.25, 0.3) is 0 Å². The maximum Gasteiger partial charge on any atom is 0.463 e. The number of carbonyl (C=O) groups excluding carboxylic acids is 1. The molecule has 8 heteroatoms. The monoisotopic (exact) mass is 297 g/mol. The van der Waals surface area contributed by atoms with Gasteiger partial charge in [0.05, 0.1) is 12.1 Å². The molecule has 0 bridgehead atoms. The topological polar surface area (TPSA) is 49.3 Å². The van der Waals surface area contributed by atoms with Crippen molar-refractivity contribution in [2.75, 3.05) is 6.61 Å². The second-order valence-corrected chi connectivity index (χ2v) is 4.38. The maximum absolute atomic E-state index is 12.9. The second-order valence-electron chi connectivity index (χ2n) is 4.38. The summed E-state index contributed by atoms with van der Waals surface area (Å²) >= 11 is 0. The maximum atomic E-state index is 12.9. The van der Waals surface area contributed by atoms with Gasteiger partial charge >= 0.3 is 18.0 Å². The van der Waals surface area contributed by atoms with Crippen LogP contribution in [0.5, 0.6) is 0 Å². The number of rotatable bonds is 4. The zero-order chi connectivity index (χ0) is 15.6. The zero-order valence-corrected chi connectivity index (χ0v) is 10.3. The first-order valence-electron chi connectivity index (χ1n) is 5.48. The van der Waals surface area contributed by atoms with Gasteiger partial charge in [0, 0.05) is 0 Å². The molecule has 0 spiro atoms. The van der Waals surface area contributed by atoms with Gasteiger partial charge in [-0.15, -0.1) is 0 Å². The highest BCUT2D eigenvalue weighted by atomic mass is 19.4. The number of benzene rings is 1. The number of halogens is 5. The van der Waals surface area contributed by atoms with Crippen molar-refractivity contribution in [2.45, 2.75) is 24.6 Å². The van der Waals surface area contributed by atoms with Gasteiger partial charge < -0.3 is 10.4 Å². The van der Waals surface area contributed by atoms with Gasteiger partial charge in [-0.25, -0.2) is 0 Å². The molecule has 1 rings (SSSR count). The molecule has 112 valence electrons. The lowest BCUT2D eigenvalue weighted by Gasteiger charge is -2.31. The number of aliphatic hydroxyl groups is 1. The van der Waals surface area contributed by atoms with Crippen LogP contribution in [0.15, 0.2) is 30.3 Å². The lowest BCUT2D eigenvalue weighted by Crippen LogP contribution is -2.57. The van der Waals surface area contributed by atoms with Crippen molar-refractivity contribution < 1.29 is 31.9 Å². The van der Waals surface area contributed by atoms with Crippen LogP contribution < -0.4 is 5.32 Å². The van der Waals surface area contributed by atoms with E-state index in [-0.39, 0.29) is 5.56 Å². The molecule has 0 aromatic heterocycles. The Balaban J connectivity index is 3.03. The highest BCUT2D eigenvalue weighted by Gasteiger charge is 2.64. The molecule has 0 saturated heterocycles. The van der Waals surface area contributed by atoms with Crippen molar-refractivity contribution >= 4 is 5.91 Å². The number of amides is 1. The van der Waals surface area contributed by atoms with Crippen LogP contribution in [0.4, 0.5) is 22.0 Å². The second kappa shape index (κ2) is 5.35.